The van der Waals surface area contributed by atoms with Crippen LogP contribution in [0.3, 0.4) is 0 Å². The van der Waals surface area contributed by atoms with Gasteiger partial charge in [-0.2, -0.15) is 0 Å². The average Bonchev–Trinajstić information content (AvgIpc) is 2.84. The van der Waals surface area contributed by atoms with Gasteiger partial charge in [0.15, 0.2) is 0 Å². The number of nitrogens with two attached hydrogens (primary N) is 1. The lowest BCUT2D eigenvalue weighted by Gasteiger charge is -2.24. The summed E-state index contributed by atoms with van der Waals surface area (Å²) >= 11 is 0. The maximum atomic E-state index is 12.1. The molecule has 16 heavy (non-hydrogen) atoms. The van der Waals surface area contributed by atoms with Gasteiger partial charge in [-0.05, 0) is 32.1 Å². The number of carboxylic acid groups (broad SMARTS) is 1. The summed E-state index contributed by atoms with van der Waals surface area (Å²) in [6.45, 7) is 0.585. The zero-order chi connectivity index (χ0) is 11.7. The summed E-state index contributed by atoms with van der Waals surface area (Å²) in [7, 11) is 0. The highest BCUT2D eigenvalue weighted by molar-refractivity contribution is 5.85. The van der Waals surface area contributed by atoms with Gasteiger partial charge in [-0.15, -0.1) is 0 Å². The largest absolute Gasteiger partial charge is 0.480 e. The van der Waals surface area contributed by atoms with Crippen molar-refractivity contribution in [1.82, 2.24) is 4.90 Å². The number of aliphatic carboxylic acids is 1. The molecular formula is C11H18N2O3. The molecule has 3 N–H and O–H groups in total. The Bertz CT molecular complexity index is 306. The molecule has 2 aliphatic rings. The molecule has 0 spiro atoms. The van der Waals surface area contributed by atoms with E-state index in [-0.39, 0.29) is 17.9 Å². The van der Waals surface area contributed by atoms with E-state index >= 15 is 0 Å². The minimum absolute atomic E-state index is 0.00199. The van der Waals surface area contributed by atoms with Gasteiger partial charge in [0, 0.05) is 18.5 Å². The maximum absolute atomic E-state index is 12.1. The summed E-state index contributed by atoms with van der Waals surface area (Å²) < 4.78 is 0. The fraction of sp³-hybridized carbons (Fsp3) is 0.818. The van der Waals surface area contributed by atoms with E-state index in [2.05, 4.69) is 0 Å². The third-order valence-corrected chi connectivity index (χ3v) is 3.64. The highest BCUT2D eigenvalue weighted by atomic mass is 16.4. The fourth-order valence-electron chi connectivity index (χ4n) is 2.76. The van der Waals surface area contributed by atoms with Gasteiger partial charge in [0.05, 0.1) is 0 Å². The predicted molar refractivity (Wildman–Crippen MR) is 57.7 cm³/mol. The first kappa shape index (κ1) is 11.4. The highest BCUT2D eigenvalue weighted by Gasteiger charge is 2.38. The van der Waals surface area contributed by atoms with Gasteiger partial charge < -0.3 is 15.7 Å². The Morgan fingerprint density at radius 1 is 1.25 bits per heavy atom. The van der Waals surface area contributed by atoms with E-state index in [1.54, 1.807) is 0 Å². The Morgan fingerprint density at radius 3 is 2.56 bits per heavy atom. The number of hydrogen-bond acceptors (Lipinski definition) is 3. The van der Waals surface area contributed by atoms with Crippen molar-refractivity contribution in [3.63, 3.8) is 0 Å². The van der Waals surface area contributed by atoms with Crippen molar-refractivity contribution in [2.24, 2.45) is 11.7 Å². The van der Waals surface area contributed by atoms with Gasteiger partial charge in [-0.3, -0.25) is 4.79 Å². The second-order valence-electron chi connectivity index (χ2n) is 4.80. The van der Waals surface area contributed by atoms with Crippen molar-refractivity contribution >= 4 is 11.9 Å². The van der Waals surface area contributed by atoms with Crippen LogP contribution in [0.15, 0.2) is 0 Å². The molecule has 0 aromatic heterocycles. The molecule has 3 atom stereocenters. The minimum atomic E-state index is -0.881. The van der Waals surface area contributed by atoms with Crippen LogP contribution in [0.1, 0.15) is 32.1 Å². The standard InChI is InChI=1S/C11H18N2O3/c12-8-4-3-7(6-8)10(14)13-5-1-2-9(13)11(15)16/h7-9H,1-6,12H2,(H,15,16)/t7?,8?,9-/m1/s1. The normalized spacial score (nSPS) is 34.3. The number of likely N-dealkylation sites (tertiary alicyclic amines) is 1. The van der Waals surface area contributed by atoms with Gasteiger partial charge in [0.2, 0.25) is 5.91 Å². The Kier molecular flexibility index (Phi) is 3.14. The minimum Gasteiger partial charge on any atom is -0.480 e. The Morgan fingerprint density at radius 2 is 2.00 bits per heavy atom. The smallest absolute Gasteiger partial charge is 0.326 e. The number of hydrogen-bond donors (Lipinski definition) is 2. The molecule has 1 amide bonds. The van der Waals surface area contributed by atoms with E-state index in [1.165, 1.54) is 4.90 Å². The fourth-order valence-corrected chi connectivity index (χ4v) is 2.76. The van der Waals surface area contributed by atoms with Crippen molar-refractivity contribution < 1.29 is 14.7 Å². The Hall–Kier alpha value is -1.10. The average molecular weight is 226 g/mol. The monoisotopic (exact) mass is 226 g/mol. The second kappa shape index (κ2) is 4.41. The molecule has 5 heteroatoms. The summed E-state index contributed by atoms with van der Waals surface area (Å²) in [5.74, 6) is -0.930. The highest BCUT2D eigenvalue weighted by Crippen LogP contribution is 2.29. The SMILES string of the molecule is NC1CCC(C(=O)N2CCC[C@@H]2C(=O)O)C1. The van der Waals surface area contributed by atoms with Crippen molar-refractivity contribution in [1.29, 1.82) is 0 Å². The van der Waals surface area contributed by atoms with Crippen LogP contribution in [-0.2, 0) is 9.59 Å². The van der Waals surface area contributed by atoms with Crippen molar-refractivity contribution in [2.75, 3.05) is 6.54 Å². The van der Waals surface area contributed by atoms with Crippen molar-refractivity contribution in [3.05, 3.63) is 0 Å². The Balaban J connectivity index is 2.01. The van der Waals surface area contributed by atoms with Crippen LogP contribution < -0.4 is 5.73 Å². The summed E-state index contributed by atoms with van der Waals surface area (Å²) in [4.78, 5) is 24.6. The predicted octanol–water partition coefficient (Wildman–Crippen LogP) is 0.189. The molecule has 90 valence electrons. The van der Waals surface area contributed by atoms with Crippen LogP contribution in [-0.4, -0.2) is 40.5 Å². The zero-order valence-corrected chi connectivity index (χ0v) is 9.26. The number of amides is 1. The molecule has 1 aliphatic carbocycles. The van der Waals surface area contributed by atoms with Crippen LogP contribution >= 0.6 is 0 Å². The summed E-state index contributed by atoms with van der Waals surface area (Å²) in [5, 5.41) is 9.01. The topological polar surface area (TPSA) is 83.6 Å². The van der Waals surface area contributed by atoms with E-state index in [1.807, 2.05) is 0 Å². The van der Waals surface area contributed by atoms with Gasteiger partial charge in [-0.1, -0.05) is 0 Å². The van der Waals surface area contributed by atoms with Gasteiger partial charge in [-0.25, -0.2) is 4.79 Å². The molecule has 1 aliphatic heterocycles. The molecule has 1 saturated carbocycles. The van der Waals surface area contributed by atoms with Crippen LogP contribution in [0.4, 0.5) is 0 Å². The first-order chi connectivity index (χ1) is 7.59. The van der Waals surface area contributed by atoms with E-state index < -0.39 is 12.0 Å². The lowest BCUT2D eigenvalue weighted by Crippen LogP contribution is -2.43. The van der Waals surface area contributed by atoms with E-state index in [0.29, 0.717) is 19.4 Å². The molecule has 2 rings (SSSR count). The number of carbonyl (C=O) groups is 2. The van der Waals surface area contributed by atoms with Crippen molar-refractivity contribution in [3.8, 4) is 0 Å². The van der Waals surface area contributed by atoms with E-state index in [9.17, 15) is 9.59 Å². The van der Waals surface area contributed by atoms with E-state index in [4.69, 9.17) is 10.8 Å². The Labute approximate surface area is 94.6 Å². The molecule has 2 fully saturated rings. The van der Waals surface area contributed by atoms with Gasteiger partial charge in [0.25, 0.3) is 0 Å². The summed E-state index contributed by atoms with van der Waals surface area (Å²) in [6, 6.07) is -0.496. The van der Waals surface area contributed by atoms with Crippen LogP contribution in [0, 0.1) is 5.92 Å². The summed E-state index contributed by atoms with van der Waals surface area (Å²) in [6.07, 6.45) is 3.77. The molecule has 0 bridgehead atoms. The first-order valence-corrected chi connectivity index (χ1v) is 5.88. The zero-order valence-electron chi connectivity index (χ0n) is 9.26. The third kappa shape index (κ3) is 2.04. The van der Waals surface area contributed by atoms with Crippen LogP contribution in [0.25, 0.3) is 0 Å². The molecule has 0 aromatic carbocycles. The van der Waals surface area contributed by atoms with Crippen LogP contribution in [0.2, 0.25) is 0 Å². The number of nitrogens with zero attached hydrogens (tertiary/aromatic N) is 1. The maximum Gasteiger partial charge on any atom is 0.326 e. The van der Waals surface area contributed by atoms with Crippen LogP contribution in [0.5, 0.6) is 0 Å². The molecule has 2 unspecified atom stereocenters. The summed E-state index contributed by atoms with van der Waals surface area (Å²) in [5.41, 5.74) is 5.77. The molecule has 5 nitrogen and oxygen atoms in total. The van der Waals surface area contributed by atoms with Crippen molar-refractivity contribution in [2.45, 2.75) is 44.2 Å². The number of carbonyl (C=O) groups excluding carboxylic acids is 1. The lowest BCUT2D eigenvalue weighted by atomic mass is 10.1. The molecular weight excluding hydrogens is 208 g/mol. The third-order valence-electron chi connectivity index (χ3n) is 3.64. The lowest BCUT2D eigenvalue weighted by molar-refractivity contribution is -0.149. The molecule has 1 saturated heterocycles. The molecule has 0 aromatic rings. The number of rotatable bonds is 2. The molecule has 1 heterocycles. The quantitative estimate of drug-likeness (QED) is 0.704. The van der Waals surface area contributed by atoms with Gasteiger partial charge >= 0.3 is 5.97 Å². The molecule has 0 radical (unpaired) electrons. The van der Waals surface area contributed by atoms with E-state index in [0.717, 1.165) is 19.3 Å². The first-order valence-electron chi connectivity index (χ1n) is 5.88. The number of carboxylic acids is 1. The second-order valence-corrected chi connectivity index (χ2v) is 4.80. The van der Waals surface area contributed by atoms with Gasteiger partial charge in [0.1, 0.15) is 6.04 Å².